The van der Waals surface area contributed by atoms with E-state index in [1.54, 1.807) is 11.0 Å². The number of ether oxygens (including phenoxy) is 1. The van der Waals surface area contributed by atoms with E-state index in [9.17, 15) is 9.59 Å². The molecule has 20 heavy (non-hydrogen) atoms. The predicted molar refractivity (Wildman–Crippen MR) is 77.0 cm³/mol. The first kappa shape index (κ1) is 15.0. The highest BCUT2D eigenvalue weighted by molar-refractivity contribution is 9.10. The molecule has 108 valence electrons. The molecule has 0 saturated carbocycles. The molecule has 0 radical (unpaired) electrons. The van der Waals surface area contributed by atoms with Crippen LogP contribution in [0.4, 0.5) is 0 Å². The van der Waals surface area contributed by atoms with E-state index in [1.807, 2.05) is 6.92 Å². The Bertz CT molecular complexity index is 532. The van der Waals surface area contributed by atoms with Gasteiger partial charge in [0.25, 0.3) is 5.91 Å². The van der Waals surface area contributed by atoms with Gasteiger partial charge in [0.15, 0.2) is 0 Å². The minimum absolute atomic E-state index is 0.00690. The van der Waals surface area contributed by atoms with Crippen molar-refractivity contribution in [1.29, 1.82) is 0 Å². The Kier molecular flexibility index (Phi) is 4.77. The highest BCUT2D eigenvalue weighted by Crippen LogP contribution is 2.18. The molecule has 1 atom stereocenters. The van der Waals surface area contributed by atoms with Crippen molar-refractivity contribution >= 4 is 27.8 Å². The second-order valence-electron chi connectivity index (χ2n) is 4.82. The van der Waals surface area contributed by atoms with Gasteiger partial charge in [0.05, 0.1) is 11.7 Å². The van der Waals surface area contributed by atoms with Gasteiger partial charge in [-0.25, -0.2) is 4.79 Å². The van der Waals surface area contributed by atoms with Crippen LogP contribution >= 0.6 is 15.9 Å². The highest BCUT2D eigenvalue weighted by Gasteiger charge is 2.22. The Hall–Kier alpha value is -1.40. The molecule has 0 aliphatic carbocycles. The van der Waals surface area contributed by atoms with E-state index < -0.39 is 5.97 Å². The van der Waals surface area contributed by atoms with Gasteiger partial charge in [-0.15, -0.1) is 0 Å². The van der Waals surface area contributed by atoms with Crippen molar-refractivity contribution in [2.24, 2.45) is 0 Å². The summed E-state index contributed by atoms with van der Waals surface area (Å²) >= 11 is 3.24. The van der Waals surface area contributed by atoms with E-state index in [1.165, 1.54) is 12.1 Å². The fourth-order valence-electron chi connectivity index (χ4n) is 2.20. The average Bonchev–Trinajstić information content (AvgIpc) is 2.61. The molecule has 6 heteroatoms. The summed E-state index contributed by atoms with van der Waals surface area (Å²) in [4.78, 5) is 25.2. The monoisotopic (exact) mass is 341 g/mol. The molecule has 1 aromatic rings. The highest BCUT2D eigenvalue weighted by atomic mass is 79.9. The summed E-state index contributed by atoms with van der Waals surface area (Å²) in [7, 11) is 0. The van der Waals surface area contributed by atoms with Gasteiger partial charge in [-0.2, -0.15) is 0 Å². The fraction of sp³-hybridized carbons (Fsp3) is 0.429. The molecule has 0 bridgehead atoms. The Balaban J connectivity index is 2.25. The minimum Gasteiger partial charge on any atom is -0.478 e. The molecule has 1 unspecified atom stereocenters. The van der Waals surface area contributed by atoms with Crippen LogP contribution in [-0.2, 0) is 4.74 Å². The van der Waals surface area contributed by atoms with Gasteiger partial charge in [0.1, 0.15) is 0 Å². The van der Waals surface area contributed by atoms with Crippen molar-refractivity contribution < 1.29 is 19.4 Å². The third-order valence-electron chi connectivity index (χ3n) is 3.13. The second-order valence-corrected chi connectivity index (χ2v) is 5.74. The first-order valence-electron chi connectivity index (χ1n) is 6.42. The lowest BCUT2D eigenvalue weighted by atomic mass is 10.1. The molecular formula is C14H16BrNO4. The van der Waals surface area contributed by atoms with Gasteiger partial charge in [-0.05, 0) is 31.5 Å². The van der Waals surface area contributed by atoms with E-state index in [0.29, 0.717) is 29.7 Å². The van der Waals surface area contributed by atoms with Crippen LogP contribution in [0.15, 0.2) is 22.7 Å². The molecular weight excluding hydrogens is 326 g/mol. The van der Waals surface area contributed by atoms with E-state index in [2.05, 4.69) is 15.9 Å². The zero-order chi connectivity index (χ0) is 14.7. The molecule has 1 heterocycles. The van der Waals surface area contributed by atoms with Gasteiger partial charge in [-0.1, -0.05) is 15.9 Å². The minimum atomic E-state index is -1.05. The van der Waals surface area contributed by atoms with Crippen LogP contribution in [0, 0.1) is 0 Å². The zero-order valence-electron chi connectivity index (χ0n) is 11.1. The van der Waals surface area contributed by atoms with Crippen LogP contribution in [0.25, 0.3) is 0 Å². The summed E-state index contributed by atoms with van der Waals surface area (Å²) in [5.41, 5.74) is 0.479. The maximum Gasteiger partial charge on any atom is 0.335 e. The summed E-state index contributed by atoms with van der Waals surface area (Å²) < 4.78 is 6.09. The molecule has 2 rings (SSSR count). The molecule has 1 aromatic carbocycles. The van der Waals surface area contributed by atoms with Crippen molar-refractivity contribution in [3.05, 3.63) is 33.8 Å². The number of carboxylic acids is 1. The van der Waals surface area contributed by atoms with Crippen LogP contribution in [0.5, 0.6) is 0 Å². The molecule has 1 aliphatic rings. The number of aromatic carboxylic acids is 1. The quantitative estimate of drug-likeness (QED) is 0.896. The number of halogens is 1. The largest absolute Gasteiger partial charge is 0.478 e. The fourth-order valence-corrected chi connectivity index (χ4v) is 2.69. The van der Waals surface area contributed by atoms with Gasteiger partial charge in [0, 0.05) is 29.7 Å². The molecule has 1 saturated heterocycles. The average molecular weight is 342 g/mol. The molecule has 0 spiro atoms. The lowest BCUT2D eigenvalue weighted by Crippen LogP contribution is -2.36. The topological polar surface area (TPSA) is 66.8 Å². The van der Waals surface area contributed by atoms with Gasteiger partial charge in [-0.3, -0.25) is 4.79 Å². The van der Waals surface area contributed by atoms with Crippen LogP contribution in [-0.4, -0.2) is 47.7 Å². The van der Waals surface area contributed by atoms with Crippen molar-refractivity contribution in [3.63, 3.8) is 0 Å². The van der Waals surface area contributed by atoms with Crippen molar-refractivity contribution in [1.82, 2.24) is 4.90 Å². The third kappa shape index (κ3) is 3.58. The number of hydrogen-bond acceptors (Lipinski definition) is 3. The number of rotatable bonds is 2. The SMILES string of the molecule is CC1CN(C(=O)c2cc(Br)cc(C(=O)O)c2)CCCO1. The maximum absolute atomic E-state index is 12.5. The van der Waals surface area contributed by atoms with Crippen LogP contribution in [0.2, 0.25) is 0 Å². The number of amides is 1. The Morgan fingerprint density at radius 3 is 2.75 bits per heavy atom. The second kappa shape index (κ2) is 6.37. The summed E-state index contributed by atoms with van der Waals surface area (Å²) in [5.74, 6) is -1.21. The van der Waals surface area contributed by atoms with E-state index in [0.717, 1.165) is 6.42 Å². The smallest absolute Gasteiger partial charge is 0.335 e. The summed E-state index contributed by atoms with van der Waals surface area (Å²) in [6, 6.07) is 4.53. The Morgan fingerprint density at radius 1 is 1.35 bits per heavy atom. The number of carboxylic acid groups (broad SMARTS) is 1. The number of hydrogen-bond donors (Lipinski definition) is 1. The van der Waals surface area contributed by atoms with Crippen molar-refractivity contribution in [3.8, 4) is 0 Å². The predicted octanol–water partition coefficient (Wildman–Crippen LogP) is 2.40. The Labute approximate surface area is 125 Å². The van der Waals surface area contributed by atoms with Crippen LogP contribution in [0.1, 0.15) is 34.1 Å². The van der Waals surface area contributed by atoms with Crippen LogP contribution < -0.4 is 0 Å². The number of carbonyl (C=O) groups is 2. The first-order chi connectivity index (χ1) is 9.47. The van der Waals surface area contributed by atoms with Gasteiger partial charge < -0.3 is 14.7 Å². The normalized spacial score (nSPS) is 19.5. The van der Waals surface area contributed by atoms with E-state index in [-0.39, 0.29) is 17.6 Å². The van der Waals surface area contributed by atoms with Crippen LogP contribution in [0.3, 0.4) is 0 Å². The first-order valence-corrected chi connectivity index (χ1v) is 7.21. The standard InChI is InChI=1S/C14H16BrNO4/c1-9-8-16(3-2-4-20-9)13(17)10-5-11(14(18)19)7-12(15)6-10/h5-7,9H,2-4,8H2,1H3,(H,18,19). The number of carbonyl (C=O) groups excluding carboxylic acids is 1. The number of nitrogens with zero attached hydrogens (tertiary/aromatic N) is 1. The number of benzene rings is 1. The maximum atomic E-state index is 12.5. The lowest BCUT2D eigenvalue weighted by Gasteiger charge is -2.22. The zero-order valence-corrected chi connectivity index (χ0v) is 12.7. The van der Waals surface area contributed by atoms with E-state index >= 15 is 0 Å². The van der Waals surface area contributed by atoms with Gasteiger partial charge >= 0.3 is 5.97 Å². The third-order valence-corrected chi connectivity index (χ3v) is 3.59. The lowest BCUT2D eigenvalue weighted by molar-refractivity contribution is 0.0562. The molecule has 1 fully saturated rings. The molecule has 0 aromatic heterocycles. The summed E-state index contributed by atoms with van der Waals surface area (Å²) in [6.45, 7) is 3.71. The van der Waals surface area contributed by atoms with Crippen molar-refractivity contribution in [2.45, 2.75) is 19.4 Å². The summed E-state index contributed by atoms with van der Waals surface area (Å²) in [5, 5.41) is 9.05. The molecule has 1 amide bonds. The molecule has 1 aliphatic heterocycles. The molecule has 1 N–H and O–H groups in total. The molecule has 5 nitrogen and oxygen atoms in total. The van der Waals surface area contributed by atoms with E-state index in [4.69, 9.17) is 9.84 Å². The Morgan fingerprint density at radius 2 is 2.05 bits per heavy atom. The summed E-state index contributed by atoms with van der Waals surface area (Å²) in [6.07, 6.45) is 0.781. The van der Waals surface area contributed by atoms with Gasteiger partial charge in [0.2, 0.25) is 0 Å². The van der Waals surface area contributed by atoms with Crippen molar-refractivity contribution in [2.75, 3.05) is 19.7 Å².